The molecule has 0 unspecified atom stereocenters. The first kappa shape index (κ1) is 23.5. The van der Waals surface area contributed by atoms with Crippen LogP contribution in [0.15, 0.2) is 64.0 Å². The number of nitrogens with zero attached hydrogens (tertiary/aromatic N) is 3. The van der Waals surface area contributed by atoms with Crippen LogP contribution < -0.4 is 11.3 Å². The predicted molar refractivity (Wildman–Crippen MR) is 140 cm³/mol. The number of rotatable bonds is 7. The number of hydrogen-bond acceptors (Lipinski definition) is 4. The number of amidine groups is 1. The molecule has 0 fully saturated rings. The van der Waals surface area contributed by atoms with Gasteiger partial charge in [0.05, 0.1) is 5.69 Å². The summed E-state index contributed by atoms with van der Waals surface area (Å²) >= 11 is 0. The molecule has 1 aromatic heterocycles. The predicted octanol–water partition coefficient (Wildman–Crippen LogP) is 5.11. The molecule has 0 radical (unpaired) electrons. The van der Waals surface area contributed by atoms with Crippen molar-refractivity contribution in [2.75, 3.05) is 13.1 Å². The summed E-state index contributed by atoms with van der Waals surface area (Å²) in [7, 11) is 0. The Kier molecular flexibility index (Phi) is 6.96. The van der Waals surface area contributed by atoms with Gasteiger partial charge in [-0.2, -0.15) is 0 Å². The van der Waals surface area contributed by atoms with Gasteiger partial charge in [-0.3, -0.25) is 9.59 Å². The van der Waals surface area contributed by atoms with Crippen LogP contribution in [-0.4, -0.2) is 34.3 Å². The molecule has 6 nitrogen and oxygen atoms in total. The van der Waals surface area contributed by atoms with E-state index in [4.69, 9.17) is 5.73 Å². The highest BCUT2D eigenvalue weighted by molar-refractivity contribution is 6.05. The lowest BCUT2D eigenvalue weighted by Crippen LogP contribution is -2.34. The molecule has 0 saturated carbocycles. The number of carbonyl (C=O) groups is 1. The summed E-state index contributed by atoms with van der Waals surface area (Å²) in [6, 6.07) is 13.9. The summed E-state index contributed by atoms with van der Waals surface area (Å²) < 4.78 is 1.70. The zero-order valence-electron chi connectivity index (χ0n) is 20.2. The number of aromatic nitrogens is 1. The van der Waals surface area contributed by atoms with E-state index >= 15 is 0 Å². The molecular weight excluding hydrogens is 424 g/mol. The summed E-state index contributed by atoms with van der Waals surface area (Å²) in [6.07, 6.45) is 5.94. The van der Waals surface area contributed by atoms with E-state index in [9.17, 15) is 9.59 Å². The number of amides is 1. The van der Waals surface area contributed by atoms with Gasteiger partial charge in [-0.1, -0.05) is 32.0 Å². The Labute approximate surface area is 200 Å². The standard InChI is InChI=1S/C28H32N4O2/c1-4-12-32(13-5-2)27(33)23-16-22-8-7-20(17-25(22)30-26(29)18-23)19-9-10-24-21(15-19)11-14-31(6-3)28(24)34/h7-11,14-17H,4-6,12-13,18H2,1-3H3,(H2,29,30). The topological polar surface area (TPSA) is 80.7 Å². The first-order valence-electron chi connectivity index (χ1n) is 12.1. The van der Waals surface area contributed by atoms with Crippen molar-refractivity contribution in [3.63, 3.8) is 0 Å². The molecule has 0 aliphatic carbocycles. The Hall–Kier alpha value is -3.67. The summed E-state index contributed by atoms with van der Waals surface area (Å²) in [5, 5.41) is 1.62. The minimum absolute atomic E-state index is 0.0216. The zero-order valence-corrected chi connectivity index (χ0v) is 20.2. The monoisotopic (exact) mass is 456 g/mol. The molecule has 176 valence electrons. The highest BCUT2D eigenvalue weighted by Crippen LogP contribution is 2.33. The van der Waals surface area contributed by atoms with Crippen LogP contribution >= 0.6 is 0 Å². The van der Waals surface area contributed by atoms with Crippen LogP contribution in [0.25, 0.3) is 28.0 Å². The van der Waals surface area contributed by atoms with E-state index in [0.717, 1.165) is 53.7 Å². The molecule has 0 bridgehead atoms. The maximum atomic E-state index is 13.2. The van der Waals surface area contributed by atoms with Crippen LogP contribution in [0, 0.1) is 0 Å². The van der Waals surface area contributed by atoms with E-state index in [1.54, 1.807) is 4.57 Å². The van der Waals surface area contributed by atoms with Gasteiger partial charge in [0, 0.05) is 48.8 Å². The molecule has 0 saturated heterocycles. The minimum atomic E-state index is 0.0216. The second-order valence-corrected chi connectivity index (χ2v) is 8.72. The van der Waals surface area contributed by atoms with Crippen molar-refractivity contribution in [2.24, 2.45) is 10.7 Å². The van der Waals surface area contributed by atoms with E-state index in [2.05, 4.69) is 18.8 Å². The van der Waals surface area contributed by atoms with Gasteiger partial charge in [0.1, 0.15) is 5.84 Å². The van der Waals surface area contributed by atoms with Gasteiger partial charge in [-0.25, -0.2) is 4.99 Å². The Morgan fingerprint density at radius 1 is 1.03 bits per heavy atom. The highest BCUT2D eigenvalue weighted by atomic mass is 16.2. The van der Waals surface area contributed by atoms with Crippen molar-refractivity contribution in [3.05, 3.63) is 70.2 Å². The van der Waals surface area contributed by atoms with Gasteiger partial charge in [0.2, 0.25) is 5.91 Å². The minimum Gasteiger partial charge on any atom is -0.387 e. The second-order valence-electron chi connectivity index (χ2n) is 8.72. The van der Waals surface area contributed by atoms with Crippen LogP contribution in [0.3, 0.4) is 0 Å². The van der Waals surface area contributed by atoms with E-state index < -0.39 is 0 Å². The lowest BCUT2D eigenvalue weighted by molar-refractivity contribution is -0.127. The van der Waals surface area contributed by atoms with Crippen LogP contribution in [0.1, 0.15) is 45.6 Å². The van der Waals surface area contributed by atoms with Crippen LogP contribution in [0.4, 0.5) is 5.69 Å². The first-order chi connectivity index (χ1) is 16.4. The normalized spacial score (nSPS) is 13.1. The molecule has 3 aromatic rings. The van der Waals surface area contributed by atoms with Gasteiger partial charge >= 0.3 is 0 Å². The number of hydrogen-bond donors (Lipinski definition) is 1. The van der Waals surface area contributed by atoms with Crippen molar-refractivity contribution in [2.45, 2.75) is 46.6 Å². The SMILES string of the molecule is CCCN(CCC)C(=O)C1=Cc2ccc(-c3ccc4c(=O)n(CC)ccc4c3)cc2N=C(N)C1. The van der Waals surface area contributed by atoms with Gasteiger partial charge in [-0.15, -0.1) is 0 Å². The third-order valence-corrected chi connectivity index (χ3v) is 6.20. The van der Waals surface area contributed by atoms with E-state index in [0.29, 0.717) is 29.8 Å². The first-order valence-corrected chi connectivity index (χ1v) is 12.1. The summed E-state index contributed by atoms with van der Waals surface area (Å²) in [6.45, 7) is 8.23. The Balaban J connectivity index is 1.71. The van der Waals surface area contributed by atoms with Crippen molar-refractivity contribution in [1.29, 1.82) is 0 Å². The average Bonchev–Trinajstić information content (AvgIpc) is 3.01. The molecule has 4 rings (SSSR count). The van der Waals surface area contributed by atoms with E-state index in [1.165, 1.54) is 0 Å². The number of nitrogens with two attached hydrogens (primary N) is 1. The lowest BCUT2D eigenvalue weighted by atomic mass is 9.99. The number of pyridine rings is 1. The van der Waals surface area contributed by atoms with Crippen LogP contribution in [0.5, 0.6) is 0 Å². The molecule has 2 heterocycles. The zero-order chi connectivity index (χ0) is 24.2. The molecule has 1 aliphatic heterocycles. The number of carbonyl (C=O) groups excluding carboxylic acids is 1. The molecule has 34 heavy (non-hydrogen) atoms. The summed E-state index contributed by atoms with van der Waals surface area (Å²) in [5.74, 6) is 0.466. The Bertz CT molecular complexity index is 1340. The maximum absolute atomic E-state index is 13.2. The van der Waals surface area contributed by atoms with Gasteiger partial charge in [0.25, 0.3) is 5.56 Å². The summed E-state index contributed by atoms with van der Waals surface area (Å²) in [4.78, 5) is 32.3. The number of aliphatic imine (C=N–C) groups is 1. The second kappa shape index (κ2) is 10.1. The maximum Gasteiger partial charge on any atom is 0.258 e. The molecule has 0 atom stereocenters. The average molecular weight is 457 g/mol. The number of fused-ring (bicyclic) bond motifs is 2. The third-order valence-electron chi connectivity index (χ3n) is 6.20. The third kappa shape index (κ3) is 4.67. The van der Waals surface area contributed by atoms with Crippen LogP contribution in [0.2, 0.25) is 0 Å². The van der Waals surface area contributed by atoms with Gasteiger partial charge < -0.3 is 15.2 Å². The largest absolute Gasteiger partial charge is 0.387 e. The van der Waals surface area contributed by atoms with Gasteiger partial charge in [0.15, 0.2) is 0 Å². The fraction of sp³-hybridized carbons (Fsp3) is 0.321. The Morgan fingerprint density at radius 3 is 2.44 bits per heavy atom. The molecular formula is C28H32N4O2. The van der Waals surface area contributed by atoms with E-state index in [-0.39, 0.29) is 11.5 Å². The van der Waals surface area contributed by atoms with Gasteiger partial charge in [-0.05, 0) is 66.6 Å². The lowest BCUT2D eigenvalue weighted by Gasteiger charge is -2.22. The highest BCUT2D eigenvalue weighted by Gasteiger charge is 2.21. The van der Waals surface area contributed by atoms with E-state index in [1.807, 2.05) is 66.6 Å². The van der Waals surface area contributed by atoms with Crippen molar-refractivity contribution in [3.8, 4) is 11.1 Å². The molecule has 6 heteroatoms. The molecule has 2 N–H and O–H groups in total. The molecule has 1 aliphatic rings. The van der Waals surface area contributed by atoms with Crippen LogP contribution in [-0.2, 0) is 11.3 Å². The molecule has 1 amide bonds. The number of aryl methyl sites for hydroxylation is 1. The molecule has 0 spiro atoms. The van der Waals surface area contributed by atoms with Crippen molar-refractivity contribution >= 4 is 34.3 Å². The number of benzene rings is 2. The quantitative estimate of drug-likeness (QED) is 0.536. The fourth-order valence-electron chi connectivity index (χ4n) is 4.48. The van der Waals surface area contributed by atoms with Crippen molar-refractivity contribution in [1.82, 2.24) is 9.47 Å². The fourth-order valence-corrected chi connectivity index (χ4v) is 4.48. The molecule has 2 aromatic carbocycles. The summed E-state index contributed by atoms with van der Waals surface area (Å²) in [5.41, 5.74) is 10.5. The van der Waals surface area contributed by atoms with Crippen molar-refractivity contribution < 1.29 is 4.79 Å². The smallest absolute Gasteiger partial charge is 0.258 e. The Morgan fingerprint density at radius 2 is 1.74 bits per heavy atom.